The lowest BCUT2D eigenvalue weighted by molar-refractivity contribution is 0.0611. The largest absolute Gasteiger partial charge is 0.494 e. The number of rotatable bonds is 9. The Labute approximate surface area is 169 Å². The van der Waals surface area contributed by atoms with Gasteiger partial charge in [0.1, 0.15) is 5.75 Å². The summed E-state index contributed by atoms with van der Waals surface area (Å²) in [5, 5.41) is 0. The van der Waals surface area contributed by atoms with Gasteiger partial charge in [-0.2, -0.15) is 0 Å². The Morgan fingerprint density at radius 1 is 1.00 bits per heavy atom. The van der Waals surface area contributed by atoms with Gasteiger partial charge in [0.25, 0.3) is 5.91 Å². The fourth-order valence-corrected chi connectivity index (χ4v) is 3.94. The maximum Gasteiger partial charge on any atom is 0.253 e. The number of carbonyl (C=O) groups is 1. The van der Waals surface area contributed by atoms with E-state index < -0.39 is 0 Å². The number of benzene rings is 2. The molecule has 3 rings (SSSR count). The maximum absolute atomic E-state index is 12.6. The molecule has 0 N–H and O–H groups in total. The van der Waals surface area contributed by atoms with Gasteiger partial charge >= 0.3 is 0 Å². The number of hydrogen-bond donors (Lipinski definition) is 0. The van der Waals surface area contributed by atoms with Gasteiger partial charge in [-0.3, -0.25) is 4.79 Å². The molecule has 28 heavy (non-hydrogen) atoms. The van der Waals surface area contributed by atoms with E-state index in [9.17, 15) is 4.79 Å². The van der Waals surface area contributed by atoms with Crippen molar-refractivity contribution in [2.45, 2.75) is 38.6 Å². The molecule has 1 fully saturated rings. The second kappa shape index (κ2) is 10.9. The van der Waals surface area contributed by atoms with Crippen molar-refractivity contribution < 1.29 is 9.53 Å². The Kier molecular flexibility index (Phi) is 7.92. The van der Waals surface area contributed by atoms with Crippen LogP contribution in [0.4, 0.5) is 0 Å². The number of hydrogen-bond acceptors (Lipinski definition) is 3. The zero-order valence-electron chi connectivity index (χ0n) is 16.9. The second-order valence-electron chi connectivity index (χ2n) is 7.44. The van der Waals surface area contributed by atoms with E-state index in [4.69, 9.17) is 4.74 Å². The van der Waals surface area contributed by atoms with Crippen molar-refractivity contribution in [3.8, 4) is 5.75 Å². The van der Waals surface area contributed by atoms with Crippen LogP contribution in [0.1, 0.15) is 43.0 Å². The summed E-state index contributed by atoms with van der Waals surface area (Å²) in [4.78, 5) is 17.2. The zero-order chi connectivity index (χ0) is 19.6. The van der Waals surface area contributed by atoms with Gasteiger partial charge in [0, 0.05) is 31.2 Å². The van der Waals surface area contributed by atoms with Crippen LogP contribution in [0.5, 0.6) is 5.75 Å². The second-order valence-corrected chi connectivity index (χ2v) is 7.44. The number of para-hydroxylation sites is 1. The molecule has 1 saturated heterocycles. The van der Waals surface area contributed by atoms with Crippen molar-refractivity contribution in [1.82, 2.24) is 9.80 Å². The number of ether oxygens (including phenoxy) is 1. The van der Waals surface area contributed by atoms with E-state index in [0.717, 1.165) is 69.8 Å². The molecule has 1 amide bonds. The highest BCUT2D eigenvalue weighted by Gasteiger charge is 2.26. The minimum atomic E-state index is 0.164. The van der Waals surface area contributed by atoms with E-state index in [1.165, 1.54) is 0 Å². The third-order valence-corrected chi connectivity index (χ3v) is 5.40. The molecule has 4 nitrogen and oxygen atoms in total. The molecule has 150 valence electrons. The van der Waals surface area contributed by atoms with Crippen molar-refractivity contribution in [3.05, 3.63) is 66.2 Å². The minimum Gasteiger partial charge on any atom is -0.494 e. The molecule has 2 aromatic carbocycles. The summed E-state index contributed by atoms with van der Waals surface area (Å²) < 4.78 is 5.84. The maximum atomic E-state index is 12.6. The number of nitrogens with zero attached hydrogens (tertiary/aromatic N) is 2. The summed E-state index contributed by atoms with van der Waals surface area (Å²) in [6.45, 7) is 6.84. The predicted octanol–water partition coefficient (Wildman–Crippen LogP) is 4.47. The zero-order valence-corrected chi connectivity index (χ0v) is 16.9. The minimum absolute atomic E-state index is 0.164. The summed E-state index contributed by atoms with van der Waals surface area (Å²) in [6.07, 6.45) is 4.29. The number of piperidine rings is 1. The molecule has 1 heterocycles. The molecule has 2 aromatic rings. The Morgan fingerprint density at radius 2 is 1.64 bits per heavy atom. The normalized spacial score (nSPS) is 15.0. The average molecular weight is 381 g/mol. The van der Waals surface area contributed by atoms with Crippen LogP contribution in [0.25, 0.3) is 0 Å². The Morgan fingerprint density at radius 3 is 2.29 bits per heavy atom. The summed E-state index contributed by atoms with van der Waals surface area (Å²) in [5.41, 5.74) is 0.796. The first-order chi connectivity index (χ1) is 13.8. The number of carbonyl (C=O) groups excluding carboxylic acids is 1. The van der Waals surface area contributed by atoms with Crippen molar-refractivity contribution in [3.63, 3.8) is 0 Å². The molecular weight excluding hydrogens is 348 g/mol. The van der Waals surface area contributed by atoms with Gasteiger partial charge in [0.15, 0.2) is 0 Å². The first-order valence-electron chi connectivity index (χ1n) is 10.5. The molecule has 0 saturated carbocycles. The summed E-state index contributed by atoms with van der Waals surface area (Å²) in [7, 11) is 0. The van der Waals surface area contributed by atoms with Crippen molar-refractivity contribution >= 4 is 5.91 Å². The van der Waals surface area contributed by atoms with Crippen LogP contribution in [0.15, 0.2) is 60.7 Å². The van der Waals surface area contributed by atoms with Gasteiger partial charge in [0.05, 0.1) is 6.61 Å². The molecule has 4 heteroatoms. The average Bonchev–Trinajstić information content (AvgIpc) is 2.77. The van der Waals surface area contributed by atoms with Gasteiger partial charge < -0.3 is 14.5 Å². The lowest BCUT2D eigenvalue weighted by atomic mass is 10.0. The quantitative estimate of drug-likeness (QED) is 0.602. The molecule has 0 aromatic heterocycles. The highest BCUT2D eigenvalue weighted by molar-refractivity contribution is 5.94. The molecule has 0 radical (unpaired) electrons. The van der Waals surface area contributed by atoms with Gasteiger partial charge in [-0.05, 0) is 56.5 Å². The summed E-state index contributed by atoms with van der Waals surface area (Å²) in [5.74, 6) is 1.11. The lowest BCUT2D eigenvalue weighted by Gasteiger charge is -2.38. The smallest absolute Gasteiger partial charge is 0.253 e. The van der Waals surface area contributed by atoms with E-state index in [2.05, 4.69) is 11.8 Å². The van der Waals surface area contributed by atoms with Gasteiger partial charge in [-0.15, -0.1) is 0 Å². The summed E-state index contributed by atoms with van der Waals surface area (Å²) in [6, 6.07) is 20.2. The van der Waals surface area contributed by atoms with E-state index in [1.807, 2.05) is 65.6 Å². The van der Waals surface area contributed by atoms with E-state index >= 15 is 0 Å². The molecule has 0 aliphatic carbocycles. The fraction of sp³-hybridized carbons (Fsp3) is 0.458. The van der Waals surface area contributed by atoms with Gasteiger partial charge in [0.2, 0.25) is 0 Å². The Balaban J connectivity index is 1.44. The van der Waals surface area contributed by atoms with Crippen LogP contribution in [0, 0.1) is 0 Å². The third-order valence-electron chi connectivity index (χ3n) is 5.40. The third kappa shape index (κ3) is 5.83. The molecule has 1 aliphatic rings. The van der Waals surface area contributed by atoms with Crippen LogP contribution in [0.3, 0.4) is 0 Å². The monoisotopic (exact) mass is 380 g/mol. The fourth-order valence-electron chi connectivity index (χ4n) is 3.94. The van der Waals surface area contributed by atoms with E-state index in [-0.39, 0.29) is 5.91 Å². The molecule has 1 aliphatic heterocycles. The van der Waals surface area contributed by atoms with Crippen LogP contribution in [0.2, 0.25) is 0 Å². The van der Waals surface area contributed by atoms with Crippen molar-refractivity contribution in [2.24, 2.45) is 0 Å². The van der Waals surface area contributed by atoms with Crippen molar-refractivity contribution in [1.29, 1.82) is 0 Å². The molecule has 0 unspecified atom stereocenters. The molecule has 0 spiro atoms. The van der Waals surface area contributed by atoms with Crippen LogP contribution in [-0.2, 0) is 0 Å². The lowest BCUT2D eigenvalue weighted by Crippen LogP contribution is -2.47. The van der Waals surface area contributed by atoms with E-state index in [1.54, 1.807) is 0 Å². The van der Waals surface area contributed by atoms with Gasteiger partial charge in [-0.25, -0.2) is 0 Å². The Hall–Kier alpha value is -2.33. The highest BCUT2D eigenvalue weighted by Crippen LogP contribution is 2.19. The number of likely N-dealkylation sites (tertiary alicyclic amines) is 1. The molecule has 0 bridgehead atoms. The first-order valence-corrected chi connectivity index (χ1v) is 10.5. The van der Waals surface area contributed by atoms with Crippen LogP contribution in [-0.4, -0.2) is 54.5 Å². The Bertz CT molecular complexity index is 697. The van der Waals surface area contributed by atoms with Crippen LogP contribution < -0.4 is 4.74 Å². The molecular formula is C24H32N2O2. The highest BCUT2D eigenvalue weighted by atomic mass is 16.5. The first kappa shape index (κ1) is 20.4. The summed E-state index contributed by atoms with van der Waals surface area (Å²) >= 11 is 0. The topological polar surface area (TPSA) is 32.8 Å². The number of amides is 1. The van der Waals surface area contributed by atoms with Crippen molar-refractivity contribution in [2.75, 3.05) is 32.8 Å². The standard InChI is InChI=1S/C24H32N2O2/c1-2-16-25(17-9-20-28-23-12-7-4-8-13-23)22-14-18-26(19-15-22)24(27)21-10-5-3-6-11-21/h3-8,10-13,22H,2,9,14-20H2,1H3. The van der Waals surface area contributed by atoms with Crippen LogP contribution >= 0.6 is 0 Å². The SMILES string of the molecule is CCCN(CCCOc1ccccc1)C1CCN(C(=O)c2ccccc2)CC1. The van der Waals surface area contributed by atoms with Gasteiger partial charge in [-0.1, -0.05) is 43.3 Å². The van der Waals surface area contributed by atoms with E-state index in [0.29, 0.717) is 6.04 Å². The predicted molar refractivity (Wildman–Crippen MR) is 114 cm³/mol. The molecule has 0 atom stereocenters.